The maximum Gasteiger partial charge on any atom is 0.321 e. The van der Waals surface area contributed by atoms with Crippen molar-refractivity contribution in [2.45, 2.75) is 11.2 Å². The number of halogens is 1. The first-order valence-electron chi connectivity index (χ1n) is 4.72. The van der Waals surface area contributed by atoms with Crippen LogP contribution in [0.1, 0.15) is 6.42 Å². The van der Waals surface area contributed by atoms with Crippen LogP contribution in [0, 0.1) is 5.92 Å². The van der Waals surface area contributed by atoms with Gasteiger partial charge in [0.1, 0.15) is 4.83 Å². The van der Waals surface area contributed by atoms with Crippen LogP contribution in [0.3, 0.4) is 0 Å². The van der Waals surface area contributed by atoms with Crippen LogP contribution < -0.4 is 5.32 Å². The summed E-state index contributed by atoms with van der Waals surface area (Å²) < 4.78 is 9.60. The molecule has 5 nitrogen and oxygen atoms in total. The first-order valence-corrected chi connectivity index (χ1v) is 5.64. The third-order valence-electron chi connectivity index (χ3n) is 2.21. The molecule has 2 unspecified atom stereocenters. The second kappa shape index (κ2) is 6.07. The molecular weight excluding hydrogens is 266 g/mol. The van der Waals surface area contributed by atoms with E-state index in [1.54, 1.807) is 0 Å². The Kier molecular flexibility index (Phi) is 5.04. The van der Waals surface area contributed by atoms with E-state index in [1.807, 2.05) is 0 Å². The number of carbonyl (C=O) groups is 2. The van der Waals surface area contributed by atoms with Crippen LogP contribution in [0.25, 0.3) is 0 Å². The molecule has 0 bridgehead atoms. The Labute approximate surface area is 96.6 Å². The van der Waals surface area contributed by atoms with Gasteiger partial charge < -0.3 is 14.8 Å². The average Bonchev–Trinajstić information content (AvgIpc) is 2.77. The van der Waals surface area contributed by atoms with Gasteiger partial charge in [-0.25, -0.2) is 0 Å². The molecule has 0 spiro atoms. The lowest BCUT2D eigenvalue weighted by atomic mass is 10.1. The minimum Gasteiger partial charge on any atom is -0.468 e. The van der Waals surface area contributed by atoms with Gasteiger partial charge in [0.05, 0.1) is 19.6 Å². The standard InChI is InChI=1S/C9H14BrNO4/c1-14-9(13)7(10)4-11-8(12)6-2-3-15-5-6/h6-7H,2-5H2,1H3,(H,11,12). The zero-order valence-electron chi connectivity index (χ0n) is 8.49. The number of amides is 1. The molecule has 1 rings (SSSR count). The van der Waals surface area contributed by atoms with Gasteiger partial charge in [0.25, 0.3) is 0 Å². The molecule has 0 aromatic heterocycles. The number of carbonyl (C=O) groups excluding carboxylic acids is 2. The normalized spacial score (nSPS) is 22.1. The Morgan fingerprint density at radius 3 is 2.93 bits per heavy atom. The Hall–Kier alpha value is -0.620. The van der Waals surface area contributed by atoms with Crippen LogP contribution in [-0.2, 0) is 19.1 Å². The third kappa shape index (κ3) is 3.79. The number of methoxy groups -OCH3 is 1. The zero-order chi connectivity index (χ0) is 11.3. The quantitative estimate of drug-likeness (QED) is 0.585. The Balaban J connectivity index is 2.24. The van der Waals surface area contributed by atoms with E-state index in [2.05, 4.69) is 26.0 Å². The SMILES string of the molecule is COC(=O)C(Br)CNC(=O)C1CCOC1. The van der Waals surface area contributed by atoms with Crippen LogP contribution in [0.4, 0.5) is 0 Å². The Morgan fingerprint density at radius 2 is 2.40 bits per heavy atom. The second-order valence-electron chi connectivity index (χ2n) is 3.30. The maximum atomic E-state index is 11.5. The number of ether oxygens (including phenoxy) is 2. The summed E-state index contributed by atoms with van der Waals surface area (Å²) >= 11 is 3.12. The summed E-state index contributed by atoms with van der Waals surface area (Å²) in [5.74, 6) is -0.541. The summed E-state index contributed by atoms with van der Waals surface area (Å²) in [6.45, 7) is 1.34. The molecule has 1 heterocycles. The van der Waals surface area contributed by atoms with Crippen molar-refractivity contribution < 1.29 is 19.1 Å². The van der Waals surface area contributed by atoms with Crippen molar-refractivity contribution >= 4 is 27.8 Å². The largest absolute Gasteiger partial charge is 0.468 e. The minimum atomic E-state index is -0.492. The van der Waals surface area contributed by atoms with Gasteiger partial charge in [0.2, 0.25) is 5.91 Å². The summed E-state index contributed by atoms with van der Waals surface area (Å²) in [5, 5.41) is 2.67. The molecule has 1 aliphatic heterocycles. The number of alkyl halides is 1. The molecule has 1 fully saturated rings. The lowest BCUT2D eigenvalue weighted by Crippen LogP contribution is -2.37. The number of hydrogen-bond donors (Lipinski definition) is 1. The first-order chi connectivity index (χ1) is 7.15. The van der Waals surface area contributed by atoms with Gasteiger partial charge in [-0.2, -0.15) is 0 Å². The van der Waals surface area contributed by atoms with E-state index >= 15 is 0 Å². The van der Waals surface area contributed by atoms with Crippen LogP contribution >= 0.6 is 15.9 Å². The molecule has 1 N–H and O–H groups in total. The molecule has 0 aromatic rings. The molecule has 0 saturated carbocycles. The highest BCUT2D eigenvalue weighted by Gasteiger charge is 2.24. The lowest BCUT2D eigenvalue weighted by molar-refractivity contribution is -0.139. The fraction of sp³-hybridized carbons (Fsp3) is 0.778. The van der Waals surface area contributed by atoms with E-state index < -0.39 is 10.8 Å². The average molecular weight is 280 g/mol. The molecule has 0 aliphatic carbocycles. The van der Waals surface area contributed by atoms with Gasteiger partial charge in [-0.05, 0) is 6.42 Å². The zero-order valence-corrected chi connectivity index (χ0v) is 10.1. The Bertz CT molecular complexity index is 240. The van der Waals surface area contributed by atoms with Crippen molar-refractivity contribution in [3.8, 4) is 0 Å². The van der Waals surface area contributed by atoms with Gasteiger partial charge >= 0.3 is 5.97 Å². The summed E-state index contributed by atoms with van der Waals surface area (Å²) in [5.41, 5.74) is 0. The van der Waals surface area contributed by atoms with Gasteiger partial charge in [0.15, 0.2) is 0 Å². The van der Waals surface area contributed by atoms with Gasteiger partial charge in [-0.3, -0.25) is 9.59 Å². The summed E-state index contributed by atoms with van der Waals surface area (Å²) in [4.78, 5) is 22.0. The molecule has 86 valence electrons. The van der Waals surface area contributed by atoms with Crippen LogP contribution in [0.5, 0.6) is 0 Å². The van der Waals surface area contributed by atoms with E-state index in [0.717, 1.165) is 6.42 Å². The molecule has 0 radical (unpaired) electrons. The van der Waals surface area contributed by atoms with Gasteiger partial charge in [0, 0.05) is 13.2 Å². The number of nitrogens with one attached hydrogen (secondary N) is 1. The summed E-state index contributed by atoms with van der Waals surface area (Å²) in [6, 6.07) is 0. The first kappa shape index (κ1) is 12.4. The van der Waals surface area contributed by atoms with Crippen molar-refractivity contribution in [1.82, 2.24) is 5.32 Å². The van der Waals surface area contributed by atoms with Crippen LogP contribution in [-0.4, -0.2) is 43.6 Å². The number of esters is 1. The van der Waals surface area contributed by atoms with Crippen molar-refractivity contribution in [3.63, 3.8) is 0 Å². The minimum absolute atomic E-state index is 0.0687. The molecule has 1 aliphatic rings. The smallest absolute Gasteiger partial charge is 0.321 e. The Morgan fingerprint density at radius 1 is 1.67 bits per heavy atom. The molecule has 2 atom stereocenters. The molecule has 0 aromatic carbocycles. The van der Waals surface area contributed by atoms with Crippen LogP contribution in [0.2, 0.25) is 0 Å². The van der Waals surface area contributed by atoms with Crippen molar-refractivity contribution in [3.05, 3.63) is 0 Å². The van der Waals surface area contributed by atoms with E-state index in [4.69, 9.17) is 4.74 Å². The van der Waals surface area contributed by atoms with E-state index in [-0.39, 0.29) is 18.4 Å². The number of rotatable bonds is 4. The summed E-state index contributed by atoms with van der Waals surface area (Å²) in [7, 11) is 1.31. The predicted octanol–water partition coefficient (Wildman–Crippen LogP) is 0.0756. The highest BCUT2D eigenvalue weighted by molar-refractivity contribution is 9.10. The van der Waals surface area contributed by atoms with E-state index in [1.165, 1.54) is 7.11 Å². The highest BCUT2D eigenvalue weighted by atomic mass is 79.9. The van der Waals surface area contributed by atoms with Crippen molar-refractivity contribution in [2.24, 2.45) is 5.92 Å². The highest BCUT2D eigenvalue weighted by Crippen LogP contribution is 2.12. The van der Waals surface area contributed by atoms with Crippen molar-refractivity contribution in [1.29, 1.82) is 0 Å². The topological polar surface area (TPSA) is 64.6 Å². The van der Waals surface area contributed by atoms with Gasteiger partial charge in [-0.15, -0.1) is 0 Å². The molecule has 1 amide bonds. The van der Waals surface area contributed by atoms with E-state index in [0.29, 0.717) is 13.2 Å². The third-order valence-corrected chi connectivity index (χ3v) is 2.91. The molecule has 6 heteroatoms. The molecular formula is C9H14BrNO4. The maximum absolute atomic E-state index is 11.5. The van der Waals surface area contributed by atoms with Crippen LogP contribution in [0.15, 0.2) is 0 Å². The molecule has 15 heavy (non-hydrogen) atoms. The monoisotopic (exact) mass is 279 g/mol. The lowest BCUT2D eigenvalue weighted by Gasteiger charge is -2.11. The molecule has 1 saturated heterocycles. The van der Waals surface area contributed by atoms with E-state index in [9.17, 15) is 9.59 Å². The van der Waals surface area contributed by atoms with Gasteiger partial charge in [-0.1, -0.05) is 15.9 Å². The predicted molar refractivity (Wildman–Crippen MR) is 56.7 cm³/mol. The fourth-order valence-electron chi connectivity index (χ4n) is 1.29. The fourth-order valence-corrected chi connectivity index (χ4v) is 1.64. The summed E-state index contributed by atoms with van der Waals surface area (Å²) in [6.07, 6.45) is 0.747. The second-order valence-corrected chi connectivity index (χ2v) is 4.40. The van der Waals surface area contributed by atoms with Crippen molar-refractivity contribution in [2.75, 3.05) is 26.9 Å². The number of hydrogen-bond acceptors (Lipinski definition) is 4.